The first-order valence-corrected chi connectivity index (χ1v) is 12.8. The maximum atomic E-state index is 10.9. The smallest absolute Gasteiger partial charge is 0.180 e. The number of hydrogen-bond donors (Lipinski definition) is 1. The van der Waals surface area contributed by atoms with E-state index in [0.717, 1.165) is 70.0 Å². The zero-order valence-electron chi connectivity index (χ0n) is 19.1. The largest absolute Gasteiger partial charge is 0.485 e. The van der Waals surface area contributed by atoms with Crippen LogP contribution in [0.5, 0.6) is 5.75 Å². The molecule has 1 aromatic heterocycles. The lowest BCUT2D eigenvalue weighted by Gasteiger charge is -2.55. The van der Waals surface area contributed by atoms with Crippen molar-refractivity contribution in [2.24, 2.45) is 5.41 Å². The molecule has 5 rings (SSSR count). The van der Waals surface area contributed by atoms with Gasteiger partial charge < -0.3 is 19.6 Å². The van der Waals surface area contributed by atoms with E-state index in [1.165, 1.54) is 57.8 Å². The topological polar surface area (TPSA) is 61.7 Å². The van der Waals surface area contributed by atoms with Crippen LogP contribution in [-0.4, -0.2) is 64.4 Å². The van der Waals surface area contributed by atoms with Crippen LogP contribution in [-0.2, 0) is 0 Å². The highest BCUT2D eigenvalue weighted by Gasteiger charge is 2.47. The number of anilines is 1. The van der Waals surface area contributed by atoms with Crippen LogP contribution in [0.1, 0.15) is 83.5 Å². The first kappa shape index (κ1) is 21.4. The number of aliphatic hydroxyl groups is 1. The lowest BCUT2D eigenvalue weighted by molar-refractivity contribution is -0.0421. The number of likely N-dealkylation sites (tertiary alicyclic amines) is 1. The molecule has 172 valence electrons. The van der Waals surface area contributed by atoms with E-state index in [2.05, 4.69) is 19.8 Å². The molecule has 2 aliphatic heterocycles. The van der Waals surface area contributed by atoms with Gasteiger partial charge in [-0.1, -0.05) is 32.1 Å². The second kappa shape index (κ2) is 9.22. The van der Waals surface area contributed by atoms with Gasteiger partial charge in [0.05, 0.1) is 17.9 Å². The third-order valence-electron chi connectivity index (χ3n) is 8.33. The van der Waals surface area contributed by atoms with E-state index in [0.29, 0.717) is 11.5 Å². The number of β-amino-alcohol motifs (C(OH)–C–C–N with tert-alkyl or cyclic N) is 1. The van der Waals surface area contributed by atoms with Gasteiger partial charge in [-0.3, -0.25) is 0 Å². The van der Waals surface area contributed by atoms with Gasteiger partial charge >= 0.3 is 0 Å². The van der Waals surface area contributed by atoms with Crippen molar-refractivity contribution in [1.29, 1.82) is 0 Å². The van der Waals surface area contributed by atoms with Crippen molar-refractivity contribution in [2.45, 2.75) is 95.2 Å². The molecule has 31 heavy (non-hydrogen) atoms. The number of rotatable bonds is 5. The molecule has 2 aliphatic carbocycles. The zero-order valence-corrected chi connectivity index (χ0v) is 19.1. The molecule has 0 radical (unpaired) electrons. The molecular formula is C25H40N4O2. The molecule has 6 heteroatoms. The predicted octanol–water partition coefficient (Wildman–Crippen LogP) is 4.18. The Bertz CT molecular complexity index is 712. The zero-order chi connectivity index (χ0) is 21.2. The van der Waals surface area contributed by atoms with Crippen LogP contribution in [0.25, 0.3) is 0 Å². The van der Waals surface area contributed by atoms with Crippen LogP contribution in [0.15, 0.2) is 12.5 Å². The van der Waals surface area contributed by atoms with E-state index in [4.69, 9.17) is 4.74 Å². The molecule has 0 aromatic carbocycles. The molecule has 0 unspecified atom stereocenters. The van der Waals surface area contributed by atoms with Crippen LogP contribution in [0.2, 0.25) is 0 Å². The Morgan fingerprint density at radius 2 is 1.61 bits per heavy atom. The minimum atomic E-state index is -0.431. The van der Waals surface area contributed by atoms with Crippen LogP contribution >= 0.6 is 0 Å². The van der Waals surface area contributed by atoms with Crippen molar-refractivity contribution < 1.29 is 9.84 Å². The first-order valence-electron chi connectivity index (χ1n) is 12.8. The van der Waals surface area contributed by atoms with Crippen molar-refractivity contribution in [1.82, 2.24) is 14.9 Å². The minimum absolute atomic E-state index is 0.316. The molecule has 6 nitrogen and oxygen atoms in total. The molecular weight excluding hydrogens is 388 g/mol. The van der Waals surface area contributed by atoms with Gasteiger partial charge in [0.1, 0.15) is 6.33 Å². The van der Waals surface area contributed by atoms with E-state index in [1.54, 1.807) is 6.33 Å². The van der Waals surface area contributed by atoms with E-state index in [9.17, 15) is 5.11 Å². The highest BCUT2D eigenvalue weighted by Crippen LogP contribution is 2.45. The van der Waals surface area contributed by atoms with Gasteiger partial charge in [-0.15, -0.1) is 0 Å². The molecule has 0 amide bonds. The number of hydrogen-bond acceptors (Lipinski definition) is 6. The Morgan fingerprint density at radius 3 is 2.32 bits per heavy atom. The maximum Gasteiger partial charge on any atom is 0.180 e. The summed E-state index contributed by atoms with van der Waals surface area (Å²) < 4.78 is 6.41. The molecule has 0 bridgehead atoms. The summed E-state index contributed by atoms with van der Waals surface area (Å²) >= 11 is 0. The fourth-order valence-corrected chi connectivity index (χ4v) is 6.37. The Balaban J connectivity index is 1.14. The molecule has 3 heterocycles. The van der Waals surface area contributed by atoms with Crippen LogP contribution in [0.3, 0.4) is 0 Å². The Morgan fingerprint density at radius 1 is 0.935 bits per heavy atom. The molecule has 2 saturated carbocycles. The van der Waals surface area contributed by atoms with Crippen LogP contribution < -0.4 is 9.64 Å². The summed E-state index contributed by atoms with van der Waals surface area (Å²) in [4.78, 5) is 13.8. The average molecular weight is 429 g/mol. The lowest BCUT2D eigenvalue weighted by Crippen LogP contribution is -2.61. The quantitative estimate of drug-likeness (QED) is 0.710. The van der Waals surface area contributed by atoms with Crippen molar-refractivity contribution in [3.63, 3.8) is 0 Å². The maximum absolute atomic E-state index is 10.9. The van der Waals surface area contributed by atoms with Gasteiger partial charge in [0, 0.05) is 25.0 Å². The Labute approximate surface area is 187 Å². The van der Waals surface area contributed by atoms with Gasteiger partial charge in [-0.05, 0) is 64.5 Å². The van der Waals surface area contributed by atoms with Gasteiger partial charge in [-0.2, -0.15) is 0 Å². The highest BCUT2D eigenvalue weighted by molar-refractivity contribution is 5.53. The van der Waals surface area contributed by atoms with E-state index in [1.807, 2.05) is 6.20 Å². The predicted molar refractivity (Wildman–Crippen MR) is 123 cm³/mol. The fourth-order valence-electron chi connectivity index (χ4n) is 6.37. The average Bonchev–Trinajstić information content (AvgIpc) is 3.02. The summed E-state index contributed by atoms with van der Waals surface area (Å²) in [6.45, 7) is 5.25. The van der Waals surface area contributed by atoms with Gasteiger partial charge in [-0.25, -0.2) is 9.97 Å². The van der Waals surface area contributed by atoms with E-state index < -0.39 is 5.60 Å². The number of aromatic nitrogens is 2. The molecule has 4 aliphatic rings. The molecule has 0 atom stereocenters. The normalized spacial score (nSPS) is 26.9. The SMILES string of the molecule is OC1(CN2CCC3(CC2)CN(c2ncncc2OC2CCCCCC2)C3)CCCCC1. The van der Waals surface area contributed by atoms with Crippen LogP contribution in [0, 0.1) is 5.41 Å². The second-order valence-corrected chi connectivity index (χ2v) is 10.9. The van der Waals surface area contributed by atoms with Crippen molar-refractivity contribution >= 4 is 5.82 Å². The lowest BCUT2D eigenvalue weighted by atomic mass is 9.71. The Hall–Kier alpha value is -1.40. The van der Waals surface area contributed by atoms with E-state index in [-0.39, 0.29) is 0 Å². The monoisotopic (exact) mass is 428 g/mol. The van der Waals surface area contributed by atoms with Gasteiger partial charge in [0.15, 0.2) is 11.6 Å². The molecule has 1 spiro atoms. The fraction of sp³-hybridized carbons (Fsp3) is 0.840. The first-order chi connectivity index (χ1) is 15.1. The number of nitrogens with zero attached hydrogens (tertiary/aromatic N) is 4. The third-order valence-corrected chi connectivity index (χ3v) is 8.33. The van der Waals surface area contributed by atoms with Crippen LogP contribution in [0.4, 0.5) is 5.82 Å². The second-order valence-electron chi connectivity index (χ2n) is 10.9. The molecule has 1 aromatic rings. The van der Waals surface area contributed by atoms with Gasteiger partial charge in [0.2, 0.25) is 0 Å². The minimum Gasteiger partial charge on any atom is -0.485 e. The number of piperidine rings is 1. The summed E-state index contributed by atoms with van der Waals surface area (Å²) in [5, 5.41) is 10.9. The molecule has 1 N–H and O–H groups in total. The van der Waals surface area contributed by atoms with E-state index >= 15 is 0 Å². The molecule has 4 fully saturated rings. The summed E-state index contributed by atoms with van der Waals surface area (Å²) in [6, 6.07) is 0. The van der Waals surface area contributed by atoms with Gasteiger partial charge in [0.25, 0.3) is 0 Å². The van der Waals surface area contributed by atoms with Crippen molar-refractivity contribution in [2.75, 3.05) is 37.6 Å². The highest BCUT2D eigenvalue weighted by atomic mass is 16.5. The number of ether oxygens (including phenoxy) is 1. The van der Waals surface area contributed by atoms with Crippen molar-refractivity contribution in [3.05, 3.63) is 12.5 Å². The summed E-state index contributed by atoms with van der Waals surface area (Å²) in [5.41, 5.74) is -0.0180. The Kier molecular flexibility index (Phi) is 6.38. The standard InChI is InChI=1S/C25H40N4O2/c30-25(10-6-3-7-11-25)19-28-14-12-24(13-15-28)17-29(18-24)23-22(16-26-20-27-23)31-21-8-4-1-2-5-9-21/h16,20-21,30H,1-15,17-19H2. The third kappa shape index (κ3) is 5.00. The summed E-state index contributed by atoms with van der Waals surface area (Å²) in [6.07, 6.45) is 19.4. The van der Waals surface area contributed by atoms with Crippen molar-refractivity contribution in [3.8, 4) is 5.75 Å². The summed E-state index contributed by atoms with van der Waals surface area (Å²) in [7, 11) is 0. The molecule has 2 saturated heterocycles. The summed E-state index contributed by atoms with van der Waals surface area (Å²) in [5.74, 6) is 1.87.